The van der Waals surface area contributed by atoms with E-state index in [9.17, 15) is 9.59 Å². The fourth-order valence-electron chi connectivity index (χ4n) is 1.36. The molecule has 0 saturated carbocycles. The Hall–Kier alpha value is -1.27. The third-order valence-corrected chi connectivity index (χ3v) is 3.09. The molecule has 1 aromatic carbocycles. The molecule has 3 N–H and O–H groups in total. The van der Waals surface area contributed by atoms with E-state index >= 15 is 0 Å². The van der Waals surface area contributed by atoms with Crippen LogP contribution in [0.4, 0.5) is 10.5 Å². The first-order valence-electron chi connectivity index (χ1n) is 5.70. The minimum Gasteiger partial charge on any atom is -0.481 e. The van der Waals surface area contributed by atoms with Crippen LogP contribution in [0.1, 0.15) is 19.3 Å². The second-order valence-electron chi connectivity index (χ2n) is 3.86. The number of nitrogens with one attached hydrogen (secondary N) is 2. The molecule has 1 aromatic rings. The Bertz CT molecular complexity index is 468. The Labute approximate surface area is 124 Å². The smallest absolute Gasteiger partial charge is 0.319 e. The fourth-order valence-corrected chi connectivity index (χ4v) is 2.08. The Balaban J connectivity index is 2.29. The van der Waals surface area contributed by atoms with Crippen molar-refractivity contribution in [2.45, 2.75) is 19.3 Å². The lowest BCUT2D eigenvalue weighted by Crippen LogP contribution is -2.29. The number of amides is 2. The van der Waals surface area contributed by atoms with Crippen molar-refractivity contribution < 1.29 is 14.7 Å². The van der Waals surface area contributed by atoms with E-state index in [1.165, 1.54) is 0 Å². The molecule has 0 aliphatic heterocycles. The molecule has 5 nitrogen and oxygen atoms in total. The number of halogens is 2. The van der Waals surface area contributed by atoms with E-state index in [1.807, 2.05) is 0 Å². The number of anilines is 1. The average molecular weight is 350 g/mol. The first kappa shape index (κ1) is 15.8. The Morgan fingerprint density at radius 3 is 2.68 bits per heavy atom. The van der Waals surface area contributed by atoms with Crippen LogP contribution in [0.15, 0.2) is 22.7 Å². The minimum atomic E-state index is -0.828. The zero-order valence-corrected chi connectivity index (χ0v) is 12.4. The molecule has 0 aromatic heterocycles. The van der Waals surface area contributed by atoms with Gasteiger partial charge in [-0.25, -0.2) is 4.79 Å². The zero-order chi connectivity index (χ0) is 14.3. The molecule has 104 valence electrons. The van der Waals surface area contributed by atoms with Gasteiger partial charge >= 0.3 is 12.0 Å². The summed E-state index contributed by atoms with van der Waals surface area (Å²) in [6, 6.07) is 4.79. The van der Waals surface area contributed by atoms with Gasteiger partial charge in [-0.1, -0.05) is 27.5 Å². The summed E-state index contributed by atoms with van der Waals surface area (Å²) in [6.07, 6.45) is 1.27. The van der Waals surface area contributed by atoms with Gasteiger partial charge in [0.25, 0.3) is 0 Å². The molecule has 0 radical (unpaired) electrons. The number of aliphatic carboxylic acids is 1. The third kappa shape index (κ3) is 6.45. The number of hydrogen-bond acceptors (Lipinski definition) is 2. The molecule has 0 unspecified atom stereocenters. The molecule has 0 heterocycles. The molecule has 0 aliphatic rings. The highest BCUT2D eigenvalue weighted by Crippen LogP contribution is 2.25. The van der Waals surface area contributed by atoms with Crippen molar-refractivity contribution in [2.24, 2.45) is 0 Å². The van der Waals surface area contributed by atoms with Gasteiger partial charge in [0.15, 0.2) is 0 Å². The molecule has 0 fully saturated rings. The van der Waals surface area contributed by atoms with E-state index in [0.29, 0.717) is 30.1 Å². The molecule has 1 rings (SSSR count). The molecule has 19 heavy (non-hydrogen) atoms. The second-order valence-corrected chi connectivity index (χ2v) is 5.18. The summed E-state index contributed by atoms with van der Waals surface area (Å²) < 4.78 is 0.831. The monoisotopic (exact) mass is 348 g/mol. The number of carboxylic acids is 1. The molecule has 0 spiro atoms. The molecular formula is C12H14BrClN2O3. The summed E-state index contributed by atoms with van der Waals surface area (Å²) in [7, 11) is 0. The first-order valence-corrected chi connectivity index (χ1v) is 6.88. The van der Waals surface area contributed by atoms with Crippen LogP contribution in [0.5, 0.6) is 0 Å². The Morgan fingerprint density at radius 2 is 2.05 bits per heavy atom. The molecule has 0 aliphatic carbocycles. The molecule has 2 amide bonds. The number of benzene rings is 1. The van der Waals surface area contributed by atoms with Crippen LogP contribution < -0.4 is 10.6 Å². The van der Waals surface area contributed by atoms with Crippen LogP contribution in [0.3, 0.4) is 0 Å². The van der Waals surface area contributed by atoms with Gasteiger partial charge in [-0.3, -0.25) is 4.79 Å². The maximum absolute atomic E-state index is 11.5. The van der Waals surface area contributed by atoms with Gasteiger partial charge in [0.1, 0.15) is 0 Å². The van der Waals surface area contributed by atoms with Crippen LogP contribution in [0.25, 0.3) is 0 Å². The highest BCUT2D eigenvalue weighted by atomic mass is 79.9. The number of carbonyl (C=O) groups is 2. The fraction of sp³-hybridized carbons (Fsp3) is 0.333. The summed E-state index contributed by atoms with van der Waals surface area (Å²) in [5.41, 5.74) is 0.521. The van der Waals surface area contributed by atoms with Gasteiger partial charge in [-0.15, -0.1) is 0 Å². The SMILES string of the molecule is O=C(O)CCCCNC(=O)Nc1ccc(Br)cc1Cl. The van der Waals surface area contributed by atoms with Crippen molar-refractivity contribution in [3.05, 3.63) is 27.7 Å². The summed E-state index contributed by atoms with van der Waals surface area (Å²) >= 11 is 9.23. The van der Waals surface area contributed by atoms with Gasteiger partial charge in [-0.2, -0.15) is 0 Å². The van der Waals surface area contributed by atoms with Crippen molar-refractivity contribution in [2.75, 3.05) is 11.9 Å². The first-order chi connectivity index (χ1) is 8.99. The van der Waals surface area contributed by atoms with Crippen molar-refractivity contribution in [3.8, 4) is 0 Å². The average Bonchev–Trinajstić information content (AvgIpc) is 2.32. The molecule has 0 saturated heterocycles. The van der Waals surface area contributed by atoms with Crippen molar-refractivity contribution >= 4 is 45.2 Å². The largest absolute Gasteiger partial charge is 0.481 e. The number of urea groups is 1. The van der Waals surface area contributed by atoms with Crippen molar-refractivity contribution in [1.29, 1.82) is 0 Å². The van der Waals surface area contributed by atoms with Crippen LogP contribution >= 0.6 is 27.5 Å². The summed E-state index contributed by atoms with van der Waals surface area (Å²) in [5.74, 6) is -0.828. The predicted octanol–water partition coefficient (Wildman–Crippen LogP) is 3.48. The van der Waals surface area contributed by atoms with Crippen LogP contribution in [0.2, 0.25) is 5.02 Å². The molecular weight excluding hydrogens is 336 g/mol. The number of carbonyl (C=O) groups excluding carboxylic acids is 1. The number of unbranched alkanes of at least 4 members (excludes halogenated alkanes) is 1. The van der Waals surface area contributed by atoms with Gasteiger partial charge in [0.2, 0.25) is 0 Å². The summed E-state index contributed by atoms with van der Waals surface area (Å²) in [5, 5.41) is 14.1. The number of hydrogen-bond donors (Lipinski definition) is 3. The normalized spacial score (nSPS) is 10.0. The van der Waals surface area contributed by atoms with E-state index in [2.05, 4.69) is 26.6 Å². The minimum absolute atomic E-state index is 0.113. The molecule has 7 heteroatoms. The van der Waals surface area contributed by atoms with Gasteiger partial charge in [0.05, 0.1) is 10.7 Å². The lowest BCUT2D eigenvalue weighted by atomic mass is 10.2. The lowest BCUT2D eigenvalue weighted by Gasteiger charge is -2.09. The van der Waals surface area contributed by atoms with E-state index in [4.69, 9.17) is 16.7 Å². The standard InChI is InChI=1S/C12H14BrClN2O3/c13-8-4-5-10(9(14)7-8)16-12(19)15-6-2-1-3-11(17)18/h4-5,7H,1-3,6H2,(H,17,18)(H2,15,16,19). The lowest BCUT2D eigenvalue weighted by molar-refractivity contribution is -0.137. The van der Waals surface area contributed by atoms with Gasteiger partial charge in [0, 0.05) is 17.4 Å². The Morgan fingerprint density at radius 1 is 1.32 bits per heavy atom. The zero-order valence-electron chi connectivity index (χ0n) is 10.1. The van der Waals surface area contributed by atoms with Crippen LogP contribution in [-0.4, -0.2) is 23.7 Å². The third-order valence-electron chi connectivity index (χ3n) is 2.28. The van der Waals surface area contributed by atoms with Gasteiger partial charge < -0.3 is 15.7 Å². The van der Waals surface area contributed by atoms with E-state index < -0.39 is 5.97 Å². The summed E-state index contributed by atoms with van der Waals surface area (Å²) in [6.45, 7) is 0.424. The number of carboxylic acid groups (broad SMARTS) is 1. The van der Waals surface area contributed by atoms with E-state index in [1.54, 1.807) is 18.2 Å². The highest BCUT2D eigenvalue weighted by Gasteiger charge is 2.05. The summed E-state index contributed by atoms with van der Waals surface area (Å²) in [4.78, 5) is 21.8. The van der Waals surface area contributed by atoms with Crippen LogP contribution in [-0.2, 0) is 4.79 Å². The van der Waals surface area contributed by atoms with E-state index in [0.717, 1.165) is 4.47 Å². The maximum atomic E-state index is 11.5. The van der Waals surface area contributed by atoms with Gasteiger partial charge in [-0.05, 0) is 31.0 Å². The Kier molecular flexibility index (Phi) is 6.66. The highest BCUT2D eigenvalue weighted by molar-refractivity contribution is 9.10. The number of rotatable bonds is 6. The molecule has 0 atom stereocenters. The van der Waals surface area contributed by atoms with E-state index in [-0.39, 0.29) is 12.5 Å². The topological polar surface area (TPSA) is 78.4 Å². The molecule has 0 bridgehead atoms. The second kappa shape index (κ2) is 8.01. The van der Waals surface area contributed by atoms with Crippen molar-refractivity contribution in [1.82, 2.24) is 5.32 Å². The van der Waals surface area contributed by atoms with Crippen molar-refractivity contribution in [3.63, 3.8) is 0 Å². The maximum Gasteiger partial charge on any atom is 0.319 e. The quantitative estimate of drug-likeness (QED) is 0.688. The van der Waals surface area contributed by atoms with Crippen LogP contribution in [0, 0.1) is 0 Å². The predicted molar refractivity (Wildman–Crippen MR) is 77.7 cm³/mol.